The zero-order valence-corrected chi connectivity index (χ0v) is 15.3. The normalized spacial score (nSPS) is 15.6. The van der Waals surface area contributed by atoms with Gasteiger partial charge < -0.3 is 9.42 Å². The van der Waals surface area contributed by atoms with Gasteiger partial charge in [-0.1, -0.05) is 33.2 Å². The molecule has 6 heteroatoms. The summed E-state index contributed by atoms with van der Waals surface area (Å²) in [7, 11) is 0. The molecule has 1 aliphatic heterocycles. The molecule has 0 aliphatic carbocycles. The van der Waals surface area contributed by atoms with E-state index < -0.39 is 0 Å². The quantitative estimate of drug-likeness (QED) is 0.675. The number of rotatable bonds is 3. The predicted molar refractivity (Wildman–Crippen MR) is 99.3 cm³/mol. The maximum Gasteiger partial charge on any atom is 0.253 e. The van der Waals surface area contributed by atoms with Crippen molar-refractivity contribution >= 4 is 32.8 Å². The molecule has 0 atom stereocenters. The fourth-order valence-electron chi connectivity index (χ4n) is 3.15. The first kappa shape index (κ1) is 16.3. The van der Waals surface area contributed by atoms with Gasteiger partial charge in [0.15, 0.2) is 5.58 Å². The third-order valence-electron chi connectivity index (χ3n) is 4.58. The lowest BCUT2D eigenvalue weighted by Crippen LogP contribution is -2.48. The Bertz CT molecular complexity index is 883. The van der Waals surface area contributed by atoms with Crippen LogP contribution < -0.4 is 0 Å². The van der Waals surface area contributed by atoms with Gasteiger partial charge in [-0.3, -0.25) is 9.69 Å². The number of benzene rings is 2. The summed E-state index contributed by atoms with van der Waals surface area (Å²) in [6, 6.07) is 15.4. The summed E-state index contributed by atoms with van der Waals surface area (Å²) in [4.78, 5) is 16.8. The summed E-state index contributed by atoms with van der Waals surface area (Å²) < 4.78 is 6.35. The molecule has 128 valence electrons. The lowest BCUT2D eigenvalue weighted by atomic mass is 10.1. The molecule has 1 fully saturated rings. The van der Waals surface area contributed by atoms with Crippen LogP contribution in [0.3, 0.4) is 0 Å². The minimum absolute atomic E-state index is 0.0963. The van der Waals surface area contributed by atoms with Crippen LogP contribution in [0.2, 0.25) is 0 Å². The third-order valence-corrected chi connectivity index (χ3v) is 5.10. The molecule has 0 saturated carbocycles. The first-order chi connectivity index (χ1) is 12.2. The highest BCUT2D eigenvalue weighted by Gasteiger charge is 2.23. The van der Waals surface area contributed by atoms with Gasteiger partial charge in [-0.25, -0.2) is 0 Å². The molecule has 0 unspecified atom stereocenters. The lowest BCUT2D eigenvalue weighted by molar-refractivity contribution is 0.0626. The van der Waals surface area contributed by atoms with Crippen molar-refractivity contribution in [2.45, 2.75) is 6.54 Å². The summed E-state index contributed by atoms with van der Waals surface area (Å²) >= 11 is 3.40. The number of hydrogen-bond acceptors (Lipinski definition) is 4. The van der Waals surface area contributed by atoms with Crippen LogP contribution in [-0.4, -0.2) is 47.0 Å². The fourth-order valence-corrected chi connectivity index (χ4v) is 3.41. The fraction of sp³-hybridized carbons (Fsp3) is 0.263. The van der Waals surface area contributed by atoms with E-state index in [-0.39, 0.29) is 5.91 Å². The van der Waals surface area contributed by atoms with Crippen molar-refractivity contribution in [1.82, 2.24) is 15.0 Å². The average molecular weight is 400 g/mol. The minimum atomic E-state index is 0.0963. The van der Waals surface area contributed by atoms with Crippen molar-refractivity contribution < 1.29 is 9.32 Å². The SMILES string of the molecule is O=C(c1ccc(Br)cc1)N1CCN(Cc2noc3ccccc23)CC1. The zero-order chi connectivity index (χ0) is 17.2. The number of amides is 1. The van der Waals surface area contributed by atoms with Gasteiger partial charge in [-0.15, -0.1) is 0 Å². The second-order valence-corrected chi connectivity index (χ2v) is 7.12. The van der Waals surface area contributed by atoms with Crippen LogP contribution in [0.25, 0.3) is 11.0 Å². The second-order valence-electron chi connectivity index (χ2n) is 6.20. The Morgan fingerprint density at radius 2 is 1.76 bits per heavy atom. The molecule has 4 rings (SSSR count). The molecular formula is C19H18BrN3O2. The van der Waals surface area contributed by atoms with E-state index in [2.05, 4.69) is 26.0 Å². The van der Waals surface area contributed by atoms with Crippen molar-refractivity contribution in [3.63, 3.8) is 0 Å². The molecule has 5 nitrogen and oxygen atoms in total. The van der Waals surface area contributed by atoms with Gasteiger partial charge >= 0.3 is 0 Å². The molecule has 0 bridgehead atoms. The molecule has 1 aliphatic rings. The number of nitrogens with zero attached hydrogens (tertiary/aromatic N) is 3. The highest BCUT2D eigenvalue weighted by molar-refractivity contribution is 9.10. The van der Waals surface area contributed by atoms with Gasteiger partial charge in [0.2, 0.25) is 0 Å². The highest BCUT2D eigenvalue weighted by Crippen LogP contribution is 2.20. The molecule has 1 aromatic heterocycles. The van der Waals surface area contributed by atoms with Crippen LogP contribution in [0.4, 0.5) is 0 Å². The molecule has 3 aromatic rings. The maximum absolute atomic E-state index is 12.6. The Morgan fingerprint density at radius 3 is 2.52 bits per heavy atom. The first-order valence-corrected chi connectivity index (χ1v) is 9.10. The number of hydrogen-bond donors (Lipinski definition) is 0. The number of carbonyl (C=O) groups is 1. The molecule has 2 heterocycles. The van der Waals surface area contributed by atoms with Crippen molar-refractivity contribution in [2.24, 2.45) is 0 Å². The monoisotopic (exact) mass is 399 g/mol. The Hall–Kier alpha value is -2.18. The average Bonchev–Trinajstić information content (AvgIpc) is 3.06. The predicted octanol–water partition coefficient (Wildman–Crippen LogP) is 3.55. The van der Waals surface area contributed by atoms with Gasteiger partial charge in [0.25, 0.3) is 5.91 Å². The van der Waals surface area contributed by atoms with Crippen LogP contribution in [0.1, 0.15) is 16.1 Å². The number of halogens is 1. The smallest absolute Gasteiger partial charge is 0.253 e. The summed E-state index contributed by atoms with van der Waals surface area (Å²) in [5.74, 6) is 0.0963. The van der Waals surface area contributed by atoms with E-state index in [0.717, 1.165) is 59.4 Å². The van der Waals surface area contributed by atoms with Gasteiger partial charge in [0.05, 0.1) is 0 Å². The molecule has 1 saturated heterocycles. The first-order valence-electron chi connectivity index (χ1n) is 8.31. The topological polar surface area (TPSA) is 49.6 Å². The van der Waals surface area contributed by atoms with Crippen LogP contribution in [0, 0.1) is 0 Å². The van der Waals surface area contributed by atoms with Gasteiger partial charge in [-0.05, 0) is 36.4 Å². The minimum Gasteiger partial charge on any atom is -0.356 e. The summed E-state index contributed by atoms with van der Waals surface area (Å²) in [5, 5.41) is 5.26. The van der Waals surface area contributed by atoms with Crippen molar-refractivity contribution in [3.8, 4) is 0 Å². The maximum atomic E-state index is 12.6. The van der Waals surface area contributed by atoms with Gasteiger partial charge in [-0.2, -0.15) is 0 Å². The Labute approximate surface area is 154 Å². The van der Waals surface area contributed by atoms with Crippen molar-refractivity contribution in [1.29, 1.82) is 0 Å². The Morgan fingerprint density at radius 1 is 1.04 bits per heavy atom. The van der Waals surface area contributed by atoms with E-state index in [9.17, 15) is 4.79 Å². The van der Waals surface area contributed by atoms with E-state index in [4.69, 9.17) is 4.52 Å². The lowest BCUT2D eigenvalue weighted by Gasteiger charge is -2.34. The second kappa shape index (κ2) is 6.98. The van der Waals surface area contributed by atoms with Crippen LogP contribution >= 0.6 is 15.9 Å². The molecule has 0 radical (unpaired) electrons. The Balaban J connectivity index is 1.38. The third kappa shape index (κ3) is 3.45. The zero-order valence-electron chi connectivity index (χ0n) is 13.7. The van der Waals surface area contributed by atoms with Gasteiger partial charge in [0, 0.05) is 48.1 Å². The largest absolute Gasteiger partial charge is 0.356 e. The summed E-state index contributed by atoms with van der Waals surface area (Å²) in [6.07, 6.45) is 0. The number of para-hydroxylation sites is 1. The van der Waals surface area contributed by atoms with E-state index in [0.29, 0.717) is 0 Å². The van der Waals surface area contributed by atoms with Crippen LogP contribution in [0.5, 0.6) is 0 Å². The van der Waals surface area contributed by atoms with E-state index in [1.165, 1.54) is 0 Å². The number of carbonyl (C=O) groups excluding carboxylic acids is 1. The van der Waals surface area contributed by atoms with E-state index in [1.54, 1.807) is 0 Å². The standard InChI is InChI=1S/C19H18BrN3O2/c20-15-7-5-14(6-8-15)19(24)23-11-9-22(10-12-23)13-17-16-3-1-2-4-18(16)25-21-17/h1-8H,9-13H2. The molecule has 2 aromatic carbocycles. The summed E-state index contributed by atoms with van der Waals surface area (Å²) in [5.41, 5.74) is 2.52. The number of aromatic nitrogens is 1. The van der Waals surface area contributed by atoms with Crippen molar-refractivity contribution in [2.75, 3.05) is 26.2 Å². The van der Waals surface area contributed by atoms with E-state index >= 15 is 0 Å². The van der Waals surface area contributed by atoms with Crippen LogP contribution in [-0.2, 0) is 6.54 Å². The van der Waals surface area contributed by atoms with Crippen molar-refractivity contribution in [3.05, 3.63) is 64.3 Å². The van der Waals surface area contributed by atoms with Gasteiger partial charge in [0.1, 0.15) is 5.69 Å². The Kier molecular flexibility index (Phi) is 4.55. The number of fused-ring (bicyclic) bond motifs is 1. The van der Waals surface area contributed by atoms with E-state index in [1.807, 2.05) is 53.4 Å². The molecule has 0 N–H and O–H groups in total. The molecule has 0 spiro atoms. The molecule has 1 amide bonds. The number of piperazine rings is 1. The molecule has 25 heavy (non-hydrogen) atoms. The highest BCUT2D eigenvalue weighted by atomic mass is 79.9. The van der Waals surface area contributed by atoms with Crippen LogP contribution in [0.15, 0.2) is 57.5 Å². The summed E-state index contributed by atoms with van der Waals surface area (Å²) in [6.45, 7) is 3.87. The molecular weight excluding hydrogens is 382 g/mol.